The van der Waals surface area contributed by atoms with Gasteiger partial charge in [-0.25, -0.2) is 19.2 Å². The van der Waals surface area contributed by atoms with E-state index in [0.717, 1.165) is 23.3 Å². The van der Waals surface area contributed by atoms with Crippen molar-refractivity contribution in [2.24, 2.45) is 0 Å². The van der Waals surface area contributed by atoms with Crippen molar-refractivity contribution in [1.82, 2.24) is 0 Å². The molecule has 0 unspecified atom stereocenters. The quantitative estimate of drug-likeness (QED) is 0.570. The van der Waals surface area contributed by atoms with Crippen LogP contribution in [0.4, 0.5) is 0 Å². The van der Waals surface area contributed by atoms with Gasteiger partial charge in [0.15, 0.2) is 0 Å². The smallest absolute Gasteiger partial charge is 0.331 e. The zero-order valence-electron chi connectivity index (χ0n) is 13.1. The Balaban J connectivity index is 0.000000547. The molecule has 0 aliphatic carbocycles. The van der Waals surface area contributed by atoms with Gasteiger partial charge in [0.25, 0.3) is 0 Å². The van der Waals surface area contributed by atoms with Gasteiger partial charge in [0.1, 0.15) is 0 Å². The fraction of sp³-hybridized carbons (Fsp3) is 0.0588. The van der Waals surface area contributed by atoms with E-state index >= 15 is 0 Å². The summed E-state index contributed by atoms with van der Waals surface area (Å²) < 4.78 is 0. The van der Waals surface area contributed by atoms with Crippen LogP contribution in [0.15, 0.2) is 48.1 Å². The summed E-state index contributed by atoms with van der Waals surface area (Å²) >= 11 is 0. The molecule has 0 aromatic heterocycles. The predicted molar refractivity (Wildman–Crippen MR) is 88.8 cm³/mol. The summed E-state index contributed by atoms with van der Waals surface area (Å²) in [5.74, 6) is -4.46. The first-order valence-corrected chi connectivity index (χ1v) is 6.68. The van der Waals surface area contributed by atoms with Gasteiger partial charge < -0.3 is 20.4 Å². The number of hydrogen-bond donors (Lipinski definition) is 4. The average Bonchev–Trinajstić information content (AvgIpc) is 2.51. The Hall–Kier alpha value is -3.68. The predicted octanol–water partition coefficient (Wildman–Crippen LogP) is 1.98. The summed E-state index contributed by atoms with van der Waals surface area (Å²) in [4.78, 5) is 40.2. The average molecular weight is 348 g/mol. The first-order chi connectivity index (χ1) is 11.6. The van der Waals surface area contributed by atoms with Gasteiger partial charge in [-0.1, -0.05) is 24.3 Å². The van der Waals surface area contributed by atoms with Crippen LogP contribution in [-0.2, 0) is 19.2 Å². The van der Waals surface area contributed by atoms with Crippen LogP contribution in [0, 0.1) is 0 Å². The molecule has 0 atom stereocenters. The SMILES string of the molecule is C/C(=C/C(=O)O)C(=O)O.O=C(O)C=Cc1ccc(C=CC(=O)O)cc1. The Morgan fingerprint density at radius 1 is 0.720 bits per heavy atom. The van der Waals surface area contributed by atoms with Crippen LogP contribution in [0.2, 0.25) is 0 Å². The topological polar surface area (TPSA) is 149 Å². The number of carboxylic acid groups (broad SMARTS) is 4. The second-order valence-electron chi connectivity index (χ2n) is 4.48. The molecule has 0 spiro atoms. The zero-order valence-corrected chi connectivity index (χ0v) is 13.1. The third-order valence-electron chi connectivity index (χ3n) is 2.45. The number of carbonyl (C=O) groups is 4. The molecule has 25 heavy (non-hydrogen) atoms. The molecule has 1 aromatic rings. The number of rotatable bonds is 6. The summed E-state index contributed by atoms with van der Waals surface area (Å²) in [6.45, 7) is 1.22. The molecule has 8 nitrogen and oxygen atoms in total. The lowest BCUT2D eigenvalue weighted by molar-refractivity contribution is -0.135. The molecule has 0 aliphatic heterocycles. The standard InChI is InChI=1S/C12H10O4.C5H6O4/c13-11(14)7-5-9-1-2-10(4-3-9)6-8-12(15)16;1-3(5(8)9)2-4(6)7/h1-8H,(H,13,14)(H,15,16);2H,1H3,(H,6,7)(H,8,9)/b;3-2-. The van der Waals surface area contributed by atoms with Crippen molar-refractivity contribution < 1.29 is 39.6 Å². The molecule has 8 heteroatoms. The van der Waals surface area contributed by atoms with Crippen molar-refractivity contribution in [2.75, 3.05) is 0 Å². The fourth-order valence-corrected chi connectivity index (χ4v) is 1.30. The Kier molecular flexibility index (Phi) is 9.34. The van der Waals surface area contributed by atoms with E-state index in [4.69, 9.17) is 20.4 Å². The van der Waals surface area contributed by atoms with Gasteiger partial charge in [0, 0.05) is 23.8 Å². The van der Waals surface area contributed by atoms with Crippen LogP contribution < -0.4 is 0 Å². The number of carboxylic acids is 4. The van der Waals surface area contributed by atoms with Gasteiger partial charge in [-0.2, -0.15) is 0 Å². The minimum absolute atomic E-state index is 0.178. The third-order valence-corrected chi connectivity index (χ3v) is 2.45. The largest absolute Gasteiger partial charge is 0.478 e. The maximum atomic E-state index is 10.3. The van der Waals surface area contributed by atoms with Gasteiger partial charge in [0.05, 0.1) is 0 Å². The summed E-state index contributed by atoms with van der Waals surface area (Å²) in [5.41, 5.74) is 1.31. The van der Waals surface area contributed by atoms with Gasteiger partial charge in [-0.3, -0.25) is 0 Å². The number of hydrogen-bond acceptors (Lipinski definition) is 4. The Bertz CT molecular complexity index is 681. The molecule has 132 valence electrons. The van der Waals surface area contributed by atoms with Crippen LogP contribution >= 0.6 is 0 Å². The normalized spacial score (nSPS) is 11.0. The van der Waals surface area contributed by atoms with Crippen molar-refractivity contribution in [3.8, 4) is 0 Å². The van der Waals surface area contributed by atoms with Crippen LogP contribution in [0.5, 0.6) is 0 Å². The van der Waals surface area contributed by atoms with Crippen molar-refractivity contribution in [2.45, 2.75) is 6.92 Å². The van der Waals surface area contributed by atoms with Crippen LogP contribution in [0.25, 0.3) is 12.2 Å². The van der Waals surface area contributed by atoms with E-state index in [1.807, 2.05) is 0 Å². The molecular weight excluding hydrogens is 332 g/mol. The second-order valence-corrected chi connectivity index (χ2v) is 4.48. The van der Waals surface area contributed by atoms with Gasteiger partial charge in [0.2, 0.25) is 0 Å². The minimum Gasteiger partial charge on any atom is -0.478 e. The maximum absolute atomic E-state index is 10.3. The Morgan fingerprint density at radius 2 is 1.08 bits per heavy atom. The fourth-order valence-electron chi connectivity index (χ4n) is 1.30. The maximum Gasteiger partial charge on any atom is 0.331 e. The van der Waals surface area contributed by atoms with E-state index in [1.165, 1.54) is 19.1 Å². The highest BCUT2D eigenvalue weighted by Gasteiger charge is 2.00. The molecule has 0 bridgehead atoms. The minimum atomic E-state index is -1.24. The van der Waals surface area contributed by atoms with E-state index in [9.17, 15) is 19.2 Å². The molecule has 0 heterocycles. The Morgan fingerprint density at radius 3 is 1.28 bits per heavy atom. The van der Waals surface area contributed by atoms with E-state index in [-0.39, 0.29) is 5.57 Å². The summed E-state index contributed by atoms with van der Waals surface area (Å²) in [5, 5.41) is 32.9. The first-order valence-electron chi connectivity index (χ1n) is 6.68. The molecule has 1 aromatic carbocycles. The third kappa shape index (κ3) is 11.5. The highest BCUT2D eigenvalue weighted by Crippen LogP contribution is 2.07. The highest BCUT2D eigenvalue weighted by molar-refractivity contribution is 5.94. The van der Waals surface area contributed by atoms with Gasteiger partial charge in [-0.15, -0.1) is 0 Å². The highest BCUT2D eigenvalue weighted by atomic mass is 16.4. The van der Waals surface area contributed by atoms with E-state index < -0.39 is 23.9 Å². The van der Waals surface area contributed by atoms with E-state index in [0.29, 0.717) is 6.08 Å². The molecule has 0 saturated heterocycles. The van der Waals surface area contributed by atoms with Gasteiger partial charge in [-0.05, 0) is 30.2 Å². The lowest BCUT2D eigenvalue weighted by Crippen LogP contribution is -1.99. The van der Waals surface area contributed by atoms with Crippen molar-refractivity contribution in [3.63, 3.8) is 0 Å². The first kappa shape index (κ1) is 21.3. The second kappa shape index (κ2) is 10.9. The molecule has 4 N–H and O–H groups in total. The monoisotopic (exact) mass is 348 g/mol. The molecule has 0 aliphatic rings. The molecule has 0 amide bonds. The van der Waals surface area contributed by atoms with Crippen LogP contribution in [0.1, 0.15) is 18.1 Å². The molecule has 0 fully saturated rings. The van der Waals surface area contributed by atoms with Gasteiger partial charge >= 0.3 is 23.9 Å². The zero-order chi connectivity index (χ0) is 19.4. The lowest BCUT2D eigenvalue weighted by Gasteiger charge is -1.94. The summed E-state index contributed by atoms with van der Waals surface area (Å²) in [6.07, 6.45) is 5.66. The lowest BCUT2D eigenvalue weighted by atomic mass is 10.1. The summed E-state index contributed by atoms with van der Waals surface area (Å²) in [6, 6.07) is 6.84. The van der Waals surface area contributed by atoms with E-state index in [1.54, 1.807) is 24.3 Å². The van der Waals surface area contributed by atoms with E-state index in [2.05, 4.69) is 0 Å². The van der Waals surface area contributed by atoms with Crippen LogP contribution in [-0.4, -0.2) is 44.3 Å². The van der Waals surface area contributed by atoms with Crippen molar-refractivity contribution in [1.29, 1.82) is 0 Å². The molecule has 0 saturated carbocycles. The Labute approximate surface area is 142 Å². The van der Waals surface area contributed by atoms with Crippen molar-refractivity contribution in [3.05, 3.63) is 59.2 Å². The summed E-state index contributed by atoms with van der Waals surface area (Å²) in [7, 11) is 0. The molecule has 0 radical (unpaired) electrons. The van der Waals surface area contributed by atoms with Crippen LogP contribution in [0.3, 0.4) is 0 Å². The number of aliphatic carboxylic acids is 4. The number of benzene rings is 1. The van der Waals surface area contributed by atoms with Crippen molar-refractivity contribution >= 4 is 36.0 Å². The molecule has 1 rings (SSSR count). The molecular formula is C17H16O8.